The van der Waals surface area contributed by atoms with Crippen molar-refractivity contribution in [3.8, 4) is 0 Å². The van der Waals surface area contributed by atoms with Gasteiger partial charge >= 0.3 is 0 Å². The fourth-order valence-corrected chi connectivity index (χ4v) is 1.40. The van der Waals surface area contributed by atoms with Crippen molar-refractivity contribution in [2.75, 3.05) is 0 Å². The Labute approximate surface area is 80.4 Å². The van der Waals surface area contributed by atoms with Crippen LogP contribution in [0.5, 0.6) is 0 Å². The lowest BCUT2D eigenvalue weighted by atomic mass is 10.2. The molecule has 1 heterocycles. The van der Waals surface area contributed by atoms with Crippen molar-refractivity contribution >= 4 is 10.9 Å². The van der Waals surface area contributed by atoms with Gasteiger partial charge in [-0.3, -0.25) is 4.79 Å². The van der Waals surface area contributed by atoms with Crippen LogP contribution in [-0.4, -0.2) is 14.9 Å². The number of aromatic nitrogens is 2. The maximum absolute atomic E-state index is 11.6. The summed E-state index contributed by atoms with van der Waals surface area (Å²) in [6.45, 7) is 1.84. The Balaban J connectivity index is 2.92. The topological polar surface area (TPSA) is 55.1 Å². The largest absolute Gasteiger partial charge is 0.424 e. The highest BCUT2D eigenvalue weighted by Crippen LogP contribution is 2.06. The Kier molecular flexibility index (Phi) is 1.96. The van der Waals surface area contributed by atoms with Crippen LogP contribution in [-0.2, 0) is 6.42 Å². The van der Waals surface area contributed by atoms with E-state index in [4.69, 9.17) is 0 Å². The van der Waals surface area contributed by atoms with Gasteiger partial charge in [0.05, 0.1) is 10.9 Å². The molecule has 4 heteroatoms. The highest BCUT2D eigenvalue weighted by atomic mass is 16.5. The first-order valence-electron chi connectivity index (χ1n) is 4.44. The molecular formula is C10H10N2O2. The minimum absolute atomic E-state index is 0.383. The van der Waals surface area contributed by atoms with E-state index in [1.165, 1.54) is 0 Å². The van der Waals surface area contributed by atoms with Crippen LogP contribution in [0.2, 0.25) is 0 Å². The number of para-hydroxylation sites is 1. The van der Waals surface area contributed by atoms with Gasteiger partial charge < -0.3 is 5.21 Å². The number of benzene rings is 1. The predicted molar refractivity (Wildman–Crippen MR) is 52.6 cm³/mol. The Bertz CT molecular complexity index is 531. The molecular weight excluding hydrogens is 180 g/mol. The maximum atomic E-state index is 11.6. The predicted octanol–water partition coefficient (Wildman–Crippen LogP) is 1.20. The molecule has 72 valence electrons. The standard InChI is InChI=1S/C10H10N2O2/c1-2-9-11-8-6-4-3-5-7(8)10(13)12(9)14/h3-6,14H,2H2,1H3. The van der Waals surface area contributed by atoms with Gasteiger partial charge in [0.1, 0.15) is 5.82 Å². The molecule has 2 aromatic rings. The summed E-state index contributed by atoms with van der Waals surface area (Å²) in [6, 6.07) is 6.97. The van der Waals surface area contributed by atoms with Crippen LogP contribution in [0.3, 0.4) is 0 Å². The van der Waals surface area contributed by atoms with Gasteiger partial charge in [-0.05, 0) is 12.1 Å². The summed E-state index contributed by atoms with van der Waals surface area (Å²) < 4.78 is 0.613. The molecule has 0 unspecified atom stereocenters. The summed E-state index contributed by atoms with van der Waals surface area (Å²) >= 11 is 0. The molecule has 4 nitrogen and oxygen atoms in total. The molecule has 1 N–H and O–H groups in total. The molecule has 0 aliphatic rings. The van der Waals surface area contributed by atoms with E-state index in [1.807, 2.05) is 13.0 Å². The first-order valence-corrected chi connectivity index (χ1v) is 4.44. The monoisotopic (exact) mass is 190 g/mol. The van der Waals surface area contributed by atoms with Crippen molar-refractivity contribution in [3.63, 3.8) is 0 Å². The van der Waals surface area contributed by atoms with Crippen molar-refractivity contribution < 1.29 is 5.21 Å². The minimum Gasteiger partial charge on any atom is -0.424 e. The first kappa shape index (κ1) is 8.74. The van der Waals surface area contributed by atoms with Gasteiger partial charge in [-0.2, -0.15) is 0 Å². The number of hydrogen-bond acceptors (Lipinski definition) is 3. The van der Waals surface area contributed by atoms with Crippen molar-refractivity contribution in [2.45, 2.75) is 13.3 Å². The van der Waals surface area contributed by atoms with E-state index in [0.717, 1.165) is 0 Å². The summed E-state index contributed by atoms with van der Waals surface area (Å²) in [5.41, 5.74) is 0.215. The Hall–Kier alpha value is -1.84. The first-order chi connectivity index (χ1) is 6.74. The van der Waals surface area contributed by atoms with Crippen LogP contribution in [0.25, 0.3) is 10.9 Å². The van der Waals surface area contributed by atoms with E-state index in [0.29, 0.717) is 27.9 Å². The third-order valence-electron chi connectivity index (χ3n) is 2.14. The maximum Gasteiger partial charge on any atom is 0.293 e. The molecule has 1 aromatic carbocycles. The Morgan fingerprint density at radius 2 is 2.14 bits per heavy atom. The normalized spacial score (nSPS) is 10.6. The lowest BCUT2D eigenvalue weighted by Crippen LogP contribution is -2.22. The van der Waals surface area contributed by atoms with Gasteiger partial charge in [0.15, 0.2) is 0 Å². The molecule has 0 saturated heterocycles. The third-order valence-corrected chi connectivity index (χ3v) is 2.14. The molecule has 0 aliphatic carbocycles. The Morgan fingerprint density at radius 3 is 2.86 bits per heavy atom. The average molecular weight is 190 g/mol. The number of fused-ring (bicyclic) bond motifs is 1. The quantitative estimate of drug-likeness (QED) is 0.687. The number of nitrogens with zero attached hydrogens (tertiary/aromatic N) is 2. The smallest absolute Gasteiger partial charge is 0.293 e. The molecule has 0 amide bonds. The molecule has 1 aromatic heterocycles. The second-order valence-corrected chi connectivity index (χ2v) is 3.02. The number of rotatable bonds is 1. The Morgan fingerprint density at radius 1 is 1.43 bits per heavy atom. The lowest BCUT2D eigenvalue weighted by molar-refractivity contribution is 0.163. The second-order valence-electron chi connectivity index (χ2n) is 3.02. The molecule has 14 heavy (non-hydrogen) atoms. The highest BCUT2D eigenvalue weighted by molar-refractivity contribution is 5.77. The second kappa shape index (κ2) is 3.14. The minimum atomic E-state index is -0.410. The fourth-order valence-electron chi connectivity index (χ4n) is 1.40. The van der Waals surface area contributed by atoms with E-state index in [1.54, 1.807) is 18.2 Å². The summed E-state index contributed by atoms with van der Waals surface area (Å²) in [6.07, 6.45) is 0.524. The van der Waals surface area contributed by atoms with Crippen molar-refractivity contribution in [2.24, 2.45) is 0 Å². The van der Waals surface area contributed by atoms with E-state index in [9.17, 15) is 10.0 Å². The van der Waals surface area contributed by atoms with Gasteiger partial charge in [0.25, 0.3) is 5.56 Å². The van der Waals surface area contributed by atoms with Gasteiger partial charge in [-0.1, -0.05) is 19.1 Å². The van der Waals surface area contributed by atoms with Crippen LogP contribution < -0.4 is 5.56 Å². The summed E-state index contributed by atoms with van der Waals surface area (Å²) in [7, 11) is 0. The van der Waals surface area contributed by atoms with Gasteiger partial charge in [0.2, 0.25) is 0 Å². The molecule has 0 radical (unpaired) electrons. The van der Waals surface area contributed by atoms with E-state index < -0.39 is 5.56 Å². The van der Waals surface area contributed by atoms with Gasteiger partial charge in [-0.25, -0.2) is 4.98 Å². The van der Waals surface area contributed by atoms with Crippen molar-refractivity contribution in [3.05, 3.63) is 40.4 Å². The van der Waals surface area contributed by atoms with E-state index >= 15 is 0 Å². The zero-order valence-corrected chi connectivity index (χ0v) is 7.77. The van der Waals surface area contributed by atoms with Crippen LogP contribution in [0.4, 0.5) is 0 Å². The number of hydrogen-bond donors (Lipinski definition) is 1. The number of aryl methyl sites for hydroxylation is 1. The van der Waals surface area contributed by atoms with Crippen LogP contribution in [0, 0.1) is 0 Å². The van der Waals surface area contributed by atoms with Crippen LogP contribution >= 0.6 is 0 Å². The average Bonchev–Trinajstić information content (AvgIpc) is 2.23. The molecule has 0 bridgehead atoms. The molecule has 0 saturated carbocycles. The lowest BCUT2D eigenvalue weighted by Gasteiger charge is -2.04. The molecule has 2 rings (SSSR count). The zero-order chi connectivity index (χ0) is 10.1. The van der Waals surface area contributed by atoms with Crippen molar-refractivity contribution in [1.29, 1.82) is 0 Å². The highest BCUT2D eigenvalue weighted by Gasteiger charge is 2.06. The van der Waals surface area contributed by atoms with Crippen LogP contribution in [0.15, 0.2) is 29.1 Å². The molecule has 0 spiro atoms. The molecule has 0 aliphatic heterocycles. The molecule has 0 fully saturated rings. The fraction of sp³-hybridized carbons (Fsp3) is 0.200. The summed E-state index contributed by atoms with van der Waals surface area (Å²) in [5, 5.41) is 9.87. The summed E-state index contributed by atoms with van der Waals surface area (Å²) in [4.78, 5) is 15.7. The van der Waals surface area contributed by atoms with Crippen molar-refractivity contribution in [1.82, 2.24) is 9.71 Å². The third kappa shape index (κ3) is 1.16. The SMILES string of the molecule is CCc1nc2ccccc2c(=O)n1O. The summed E-state index contributed by atoms with van der Waals surface area (Å²) in [5.74, 6) is 0.383. The molecule has 0 atom stereocenters. The van der Waals surface area contributed by atoms with Crippen LogP contribution in [0.1, 0.15) is 12.7 Å². The van der Waals surface area contributed by atoms with E-state index in [-0.39, 0.29) is 0 Å². The van der Waals surface area contributed by atoms with E-state index in [2.05, 4.69) is 4.98 Å². The van der Waals surface area contributed by atoms with Gasteiger partial charge in [-0.15, -0.1) is 4.73 Å². The zero-order valence-electron chi connectivity index (χ0n) is 7.77. The van der Waals surface area contributed by atoms with Gasteiger partial charge in [0, 0.05) is 6.42 Å².